The van der Waals surface area contributed by atoms with Crippen molar-refractivity contribution in [2.24, 2.45) is 5.92 Å². The van der Waals surface area contributed by atoms with E-state index in [4.69, 9.17) is 0 Å². The predicted molar refractivity (Wildman–Crippen MR) is 144 cm³/mol. The molecule has 1 amide bonds. The van der Waals surface area contributed by atoms with Crippen LogP contribution in [0.15, 0.2) is 36.4 Å². The highest BCUT2D eigenvalue weighted by Gasteiger charge is 2.39. The zero-order valence-corrected chi connectivity index (χ0v) is 23.4. The van der Waals surface area contributed by atoms with Crippen molar-refractivity contribution in [2.75, 3.05) is 52.4 Å². The van der Waals surface area contributed by atoms with Crippen LogP contribution in [-0.2, 0) is 18.8 Å². The summed E-state index contributed by atoms with van der Waals surface area (Å²) in [5.41, 5.74) is -0.496. The average Bonchev–Trinajstić information content (AvgIpc) is 2.92. The summed E-state index contributed by atoms with van der Waals surface area (Å²) in [5, 5.41) is 9.39. The van der Waals surface area contributed by atoms with Gasteiger partial charge in [0, 0.05) is 50.9 Å². The highest BCUT2D eigenvalue weighted by Crippen LogP contribution is 2.37. The number of hydrogen-bond donors (Lipinski definition) is 1. The maximum Gasteiger partial charge on any atom is 0.416 e. The lowest BCUT2D eigenvalue weighted by molar-refractivity contribution is -0.143. The number of amides is 1. The molecule has 2 saturated heterocycles. The van der Waals surface area contributed by atoms with Gasteiger partial charge in [-0.25, -0.2) is 0 Å². The zero-order chi connectivity index (χ0) is 29.9. The van der Waals surface area contributed by atoms with Gasteiger partial charge in [-0.2, -0.15) is 26.3 Å². The van der Waals surface area contributed by atoms with E-state index < -0.39 is 41.0 Å². The molecule has 1 N–H and O–H groups in total. The van der Waals surface area contributed by atoms with Crippen LogP contribution in [0.4, 0.5) is 26.3 Å². The Bertz CT molecular complexity index is 1180. The van der Waals surface area contributed by atoms with E-state index in [0.717, 1.165) is 55.7 Å². The molecule has 2 aromatic rings. The molecular formula is C30H37F6N3O2. The normalized spacial score (nSPS) is 20.0. The van der Waals surface area contributed by atoms with Gasteiger partial charge in [-0.3, -0.25) is 9.69 Å². The highest BCUT2D eigenvalue weighted by molar-refractivity contribution is 5.95. The van der Waals surface area contributed by atoms with Crippen LogP contribution in [-0.4, -0.2) is 84.2 Å². The van der Waals surface area contributed by atoms with Crippen molar-refractivity contribution in [3.63, 3.8) is 0 Å². The van der Waals surface area contributed by atoms with Crippen molar-refractivity contribution in [1.82, 2.24) is 14.7 Å². The molecule has 0 radical (unpaired) electrons. The third kappa shape index (κ3) is 8.02. The van der Waals surface area contributed by atoms with E-state index in [0.29, 0.717) is 37.6 Å². The third-order valence-electron chi connectivity index (χ3n) is 8.40. The molecule has 2 heterocycles. The first-order chi connectivity index (χ1) is 19.2. The second-order valence-electron chi connectivity index (χ2n) is 11.3. The van der Waals surface area contributed by atoms with Crippen molar-refractivity contribution in [3.8, 4) is 0 Å². The van der Waals surface area contributed by atoms with Crippen LogP contribution in [0.25, 0.3) is 0 Å². The Morgan fingerprint density at radius 3 is 2.00 bits per heavy atom. The summed E-state index contributed by atoms with van der Waals surface area (Å²) < 4.78 is 81.0. The monoisotopic (exact) mass is 585 g/mol. The number of hydrogen-bond acceptors (Lipinski definition) is 4. The van der Waals surface area contributed by atoms with Crippen LogP contribution in [0, 0.1) is 19.8 Å². The van der Waals surface area contributed by atoms with Crippen molar-refractivity contribution in [2.45, 2.75) is 51.5 Å². The van der Waals surface area contributed by atoms with Crippen LogP contribution in [0.5, 0.6) is 0 Å². The van der Waals surface area contributed by atoms with E-state index in [1.165, 1.54) is 4.90 Å². The molecule has 0 aliphatic carbocycles. The topological polar surface area (TPSA) is 47.0 Å². The zero-order valence-electron chi connectivity index (χ0n) is 23.4. The third-order valence-corrected chi connectivity index (χ3v) is 8.40. The number of benzene rings is 2. The molecule has 2 aromatic carbocycles. The van der Waals surface area contributed by atoms with Gasteiger partial charge in [0.15, 0.2) is 0 Å². The Hall–Kier alpha value is -2.63. The molecule has 5 nitrogen and oxygen atoms in total. The van der Waals surface area contributed by atoms with E-state index in [9.17, 15) is 36.2 Å². The number of alkyl halides is 6. The standard InChI is InChI=1S/C30H37F6N3O2/c1-20-3-4-23(13-21(20)2)14-27-18-38(10-9-37-7-5-22(19-40)6-8-37)11-12-39(27)28(41)24-15-25(29(31,32)33)17-26(16-24)30(34,35)36/h3-4,13,15-17,22,27,40H,5-12,14,18-19H2,1-2H3/t27-/m1/s1. The van der Waals surface area contributed by atoms with Gasteiger partial charge in [0.05, 0.1) is 11.1 Å². The number of aliphatic hydroxyl groups is 1. The molecule has 0 aromatic heterocycles. The van der Waals surface area contributed by atoms with Gasteiger partial charge in [0.2, 0.25) is 0 Å². The van der Waals surface area contributed by atoms with Gasteiger partial charge in [-0.1, -0.05) is 18.2 Å². The molecule has 0 saturated carbocycles. The molecule has 2 fully saturated rings. The number of carbonyl (C=O) groups excluding carboxylic acids is 1. The Kier molecular flexibility index (Phi) is 9.70. The van der Waals surface area contributed by atoms with Crippen molar-refractivity contribution >= 4 is 5.91 Å². The lowest BCUT2D eigenvalue weighted by Gasteiger charge is -2.42. The molecule has 0 bridgehead atoms. The fourth-order valence-corrected chi connectivity index (χ4v) is 5.69. The molecule has 2 aliphatic heterocycles. The number of carbonyl (C=O) groups is 1. The lowest BCUT2D eigenvalue weighted by atomic mass is 9.97. The number of piperazine rings is 1. The molecule has 226 valence electrons. The molecule has 2 aliphatic rings. The number of aliphatic hydroxyl groups excluding tert-OH is 1. The fourth-order valence-electron chi connectivity index (χ4n) is 5.69. The lowest BCUT2D eigenvalue weighted by Crippen LogP contribution is -2.57. The van der Waals surface area contributed by atoms with Crippen molar-refractivity contribution < 1.29 is 36.2 Å². The average molecular weight is 586 g/mol. The van der Waals surface area contributed by atoms with Crippen LogP contribution in [0.2, 0.25) is 0 Å². The van der Waals surface area contributed by atoms with E-state index >= 15 is 0 Å². The summed E-state index contributed by atoms with van der Waals surface area (Å²) in [5.74, 6) is -0.502. The molecular weight excluding hydrogens is 548 g/mol. The van der Waals surface area contributed by atoms with Gasteiger partial charge in [0.1, 0.15) is 0 Å². The number of aryl methyl sites for hydroxylation is 2. The first kappa shape index (κ1) is 31.3. The first-order valence-electron chi connectivity index (χ1n) is 14.0. The maximum absolute atomic E-state index is 13.6. The number of likely N-dealkylation sites (tertiary alicyclic amines) is 1. The molecule has 0 unspecified atom stereocenters. The van der Waals surface area contributed by atoms with Gasteiger partial charge in [0.25, 0.3) is 5.91 Å². The van der Waals surface area contributed by atoms with Gasteiger partial charge in [-0.05, 0) is 87.0 Å². The summed E-state index contributed by atoms with van der Waals surface area (Å²) in [6.45, 7) is 8.59. The minimum Gasteiger partial charge on any atom is -0.396 e. The summed E-state index contributed by atoms with van der Waals surface area (Å²) in [6, 6.07) is 6.58. The van der Waals surface area contributed by atoms with Crippen molar-refractivity contribution in [3.05, 3.63) is 69.8 Å². The summed E-state index contributed by atoms with van der Waals surface area (Å²) in [7, 11) is 0. The summed E-state index contributed by atoms with van der Waals surface area (Å²) in [4.78, 5) is 19.6. The van der Waals surface area contributed by atoms with Crippen molar-refractivity contribution in [1.29, 1.82) is 0 Å². The van der Waals surface area contributed by atoms with Gasteiger partial charge in [-0.15, -0.1) is 0 Å². The highest BCUT2D eigenvalue weighted by atomic mass is 19.4. The van der Waals surface area contributed by atoms with Gasteiger partial charge < -0.3 is 14.9 Å². The van der Waals surface area contributed by atoms with Crippen LogP contribution in [0.1, 0.15) is 51.0 Å². The summed E-state index contributed by atoms with van der Waals surface area (Å²) in [6.07, 6.45) is -7.76. The second kappa shape index (κ2) is 12.7. The maximum atomic E-state index is 13.6. The minimum atomic E-state index is -5.03. The minimum absolute atomic E-state index is 0.0463. The van der Waals surface area contributed by atoms with Crippen LogP contribution >= 0.6 is 0 Å². The Balaban J connectivity index is 1.56. The quantitative estimate of drug-likeness (QED) is 0.442. The van der Waals surface area contributed by atoms with Crippen LogP contribution < -0.4 is 0 Å². The second-order valence-corrected chi connectivity index (χ2v) is 11.3. The van der Waals surface area contributed by atoms with Gasteiger partial charge >= 0.3 is 12.4 Å². The SMILES string of the molecule is Cc1ccc(C[C@@H]2CN(CCN3CCC(CO)CC3)CCN2C(=O)c2cc(C(F)(F)F)cc(C(F)(F)F)c2)cc1C. The fraction of sp³-hybridized carbons (Fsp3) is 0.567. The summed E-state index contributed by atoms with van der Waals surface area (Å²) >= 11 is 0. The number of nitrogens with zero attached hydrogens (tertiary/aromatic N) is 3. The molecule has 11 heteroatoms. The first-order valence-corrected chi connectivity index (χ1v) is 14.0. The molecule has 41 heavy (non-hydrogen) atoms. The molecule has 0 spiro atoms. The number of piperidine rings is 1. The molecule has 1 atom stereocenters. The number of rotatable bonds is 7. The van der Waals surface area contributed by atoms with E-state index in [1.807, 2.05) is 32.0 Å². The smallest absolute Gasteiger partial charge is 0.396 e. The van der Waals surface area contributed by atoms with E-state index in [1.54, 1.807) is 0 Å². The largest absolute Gasteiger partial charge is 0.416 e. The van der Waals surface area contributed by atoms with Crippen LogP contribution in [0.3, 0.4) is 0 Å². The predicted octanol–water partition coefficient (Wildman–Crippen LogP) is 5.41. The Morgan fingerprint density at radius 1 is 0.829 bits per heavy atom. The Morgan fingerprint density at radius 2 is 1.44 bits per heavy atom. The Labute approximate surface area is 236 Å². The number of halogens is 6. The van der Waals surface area contributed by atoms with E-state index in [-0.39, 0.29) is 19.2 Å². The molecule has 4 rings (SSSR count). The van der Waals surface area contributed by atoms with E-state index in [2.05, 4.69) is 9.80 Å².